The van der Waals surface area contributed by atoms with E-state index in [0.29, 0.717) is 6.61 Å². The summed E-state index contributed by atoms with van der Waals surface area (Å²) < 4.78 is 5.26. The molecule has 2 N–H and O–H groups in total. The molecule has 0 atom stereocenters. The number of carbonyl (C=O) groups is 1. The molecule has 1 amide bonds. The van der Waals surface area contributed by atoms with Gasteiger partial charge in [-0.2, -0.15) is 0 Å². The third-order valence-corrected chi connectivity index (χ3v) is 2.20. The predicted molar refractivity (Wildman–Crippen MR) is 62.7 cm³/mol. The maximum atomic E-state index is 11.0. The minimum Gasteiger partial charge on any atom is -0.367 e. The summed E-state index contributed by atoms with van der Waals surface area (Å²) in [6, 6.07) is 8.20. The van der Waals surface area contributed by atoms with Crippen molar-refractivity contribution < 1.29 is 9.53 Å². The van der Waals surface area contributed by atoms with Crippen LogP contribution in [0.25, 0.3) is 0 Å². The van der Waals surface area contributed by atoms with E-state index in [9.17, 15) is 4.79 Å². The van der Waals surface area contributed by atoms with Gasteiger partial charge < -0.3 is 4.74 Å². The van der Waals surface area contributed by atoms with Crippen molar-refractivity contribution in [3.05, 3.63) is 35.4 Å². The minimum absolute atomic E-state index is 0.0658. The Morgan fingerprint density at radius 1 is 1.25 bits per heavy atom. The van der Waals surface area contributed by atoms with Crippen molar-refractivity contribution in [3.63, 3.8) is 0 Å². The summed E-state index contributed by atoms with van der Waals surface area (Å²) in [5, 5.41) is 0. The van der Waals surface area contributed by atoms with Crippen LogP contribution in [-0.2, 0) is 22.6 Å². The van der Waals surface area contributed by atoms with Gasteiger partial charge in [0.25, 0.3) is 5.91 Å². The fourth-order valence-electron chi connectivity index (χ4n) is 1.31. The number of aryl methyl sites for hydroxylation is 1. The van der Waals surface area contributed by atoms with Crippen molar-refractivity contribution in [3.8, 4) is 0 Å². The zero-order valence-electron chi connectivity index (χ0n) is 9.75. The van der Waals surface area contributed by atoms with E-state index in [4.69, 9.17) is 4.74 Å². The highest BCUT2D eigenvalue weighted by Crippen LogP contribution is 2.05. The Labute approximate surface area is 96.0 Å². The minimum atomic E-state index is -0.173. The first-order chi connectivity index (χ1) is 7.76. The standard InChI is InChI=1S/C12H18N2O2/c1-3-10-4-6-11(7-5-10)8-16-9-12(15)14-13-2/h4-7,13H,3,8-9H2,1-2H3,(H,14,15). The fraction of sp³-hybridized carbons (Fsp3) is 0.417. The van der Waals surface area contributed by atoms with E-state index in [1.54, 1.807) is 7.05 Å². The lowest BCUT2D eigenvalue weighted by Crippen LogP contribution is -2.36. The molecule has 16 heavy (non-hydrogen) atoms. The van der Waals surface area contributed by atoms with Crippen molar-refractivity contribution in [1.29, 1.82) is 0 Å². The summed E-state index contributed by atoms with van der Waals surface area (Å²) in [6.07, 6.45) is 1.03. The van der Waals surface area contributed by atoms with Gasteiger partial charge in [0.2, 0.25) is 0 Å². The third-order valence-electron chi connectivity index (χ3n) is 2.20. The van der Waals surface area contributed by atoms with Crippen LogP contribution in [0.4, 0.5) is 0 Å². The third kappa shape index (κ3) is 4.42. The van der Waals surface area contributed by atoms with Gasteiger partial charge in [0.15, 0.2) is 0 Å². The summed E-state index contributed by atoms with van der Waals surface area (Å²) in [4.78, 5) is 11.0. The predicted octanol–water partition coefficient (Wildman–Crippen LogP) is 1.02. The fourth-order valence-corrected chi connectivity index (χ4v) is 1.31. The monoisotopic (exact) mass is 222 g/mol. The van der Waals surface area contributed by atoms with Crippen LogP contribution in [0.3, 0.4) is 0 Å². The lowest BCUT2D eigenvalue weighted by molar-refractivity contribution is -0.126. The van der Waals surface area contributed by atoms with Crippen LogP contribution in [0.1, 0.15) is 18.1 Å². The molecule has 0 spiro atoms. The lowest BCUT2D eigenvalue weighted by Gasteiger charge is -2.05. The molecule has 0 saturated heterocycles. The number of hydrazine groups is 1. The van der Waals surface area contributed by atoms with E-state index < -0.39 is 0 Å². The molecular weight excluding hydrogens is 204 g/mol. The molecular formula is C12H18N2O2. The van der Waals surface area contributed by atoms with Crippen LogP contribution in [0, 0.1) is 0 Å². The molecule has 88 valence electrons. The summed E-state index contributed by atoms with van der Waals surface area (Å²) in [6.45, 7) is 2.64. The van der Waals surface area contributed by atoms with Gasteiger partial charge in [0, 0.05) is 7.05 Å². The Kier molecular flexibility index (Phi) is 5.53. The summed E-state index contributed by atoms with van der Waals surface area (Å²) in [5.74, 6) is -0.173. The van der Waals surface area contributed by atoms with E-state index in [-0.39, 0.29) is 12.5 Å². The molecule has 0 unspecified atom stereocenters. The quantitative estimate of drug-likeness (QED) is 0.706. The van der Waals surface area contributed by atoms with E-state index in [1.807, 2.05) is 12.1 Å². The van der Waals surface area contributed by atoms with E-state index in [0.717, 1.165) is 12.0 Å². The van der Waals surface area contributed by atoms with E-state index in [2.05, 4.69) is 29.9 Å². The normalized spacial score (nSPS) is 10.1. The molecule has 0 aromatic heterocycles. The largest absolute Gasteiger partial charge is 0.367 e. The number of benzene rings is 1. The lowest BCUT2D eigenvalue weighted by atomic mass is 10.1. The molecule has 1 aromatic rings. The molecule has 1 aromatic carbocycles. The molecule has 0 aliphatic rings. The second kappa shape index (κ2) is 6.98. The molecule has 0 bridgehead atoms. The van der Waals surface area contributed by atoms with Gasteiger partial charge in [0.05, 0.1) is 6.61 Å². The molecule has 0 radical (unpaired) electrons. The van der Waals surface area contributed by atoms with E-state index in [1.165, 1.54) is 5.56 Å². The second-order valence-corrected chi connectivity index (χ2v) is 3.46. The highest BCUT2D eigenvalue weighted by atomic mass is 16.5. The highest BCUT2D eigenvalue weighted by Gasteiger charge is 1.99. The zero-order chi connectivity index (χ0) is 11.8. The Balaban J connectivity index is 2.29. The highest BCUT2D eigenvalue weighted by molar-refractivity contribution is 5.76. The SMILES string of the molecule is CCc1ccc(COCC(=O)NNC)cc1. The van der Waals surface area contributed by atoms with Crippen LogP contribution >= 0.6 is 0 Å². The summed E-state index contributed by atoms with van der Waals surface area (Å²) in [5.41, 5.74) is 7.37. The van der Waals surface area contributed by atoms with Crippen molar-refractivity contribution >= 4 is 5.91 Å². The number of carbonyl (C=O) groups excluding carboxylic acids is 1. The molecule has 4 heteroatoms. The smallest absolute Gasteiger partial charge is 0.260 e. The maximum Gasteiger partial charge on any atom is 0.260 e. The molecule has 0 heterocycles. The van der Waals surface area contributed by atoms with Gasteiger partial charge in [-0.1, -0.05) is 31.2 Å². The van der Waals surface area contributed by atoms with Crippen LogP contribution in [0.15, 0.2) is 24.3 Å². The number of ether oxygens (including phenoxy) is 1. The summed E-state index contributed by atoms with van der Waals surface area (Å²) >= 11 is 0. The Bertz CT molecular complexity index is 322. The van der Waals surface area contributed by atoms with Crippen LogP contribution in [0.5, 0.6) is 0 Å². The molecule has 0 fully saturated rings. The van der Waals surface area contributed by atoms with Gasteiger partial charge in [-0.3, -0.25) is 10.2 Å². The second-order valence-electron chi connectivity index (χ2n) is 3.46. The average molecular weight is 222 g/mol. The first-order valence-electron chi connectivity index (χ1n) is 5.37. The maximum absolute atomic E-state index is 11.0. The Morgan fingerprint density at radius 3 is 2.44 bits per heavy atom. The molecule has 1 rings (SSSR count). The van der Waals surface area contributed by atoms with Crippen molar-refractivity contribution in [2.24, 2.45) is 0 Å². The Hall–Kier alpha value is -1.39. The van der Waals surface area contributed by atoms with Gasteiger partial charge in [-0.15, -0.1) is 0 Å². The number of rotatable bonds is 6. The zero-order valence-corrected chi connectivity index (χ0v) is 9.75. The number of nitrogens with one attached hydrogen (secondary N) is 2. The van der Waals surface area contributed by atoms with Crippen LogP contribution < -0.4 is 10.9 Å². The molecule has 0 saturated carbocycles. The van der Waals surface area contributed by atoms with Gasteiger partial charge >= 0.3 is 0 Å². The average Bonchev–Trinajstić information content (AvgIpc) is 2.30. The number of amides is 1. The van der Waals surface area contributed by atoms with Gasteiger partial charge in [0.1, 0.15) is 6.61 Å². The van der Waals surface area contributed by atoms with Gasteiger partial charge in [-0.05, 0) is 17.5 Å². The first kappa shape index (κ1) is 12.7. The number of hydrogen-bond acceptors (Lipinski definition) is 3. The number of hydrogen-bond donors (Lipinski definition) is 2. The first-order valence-corrected chi connectivity index (χ1v) is 5.37. The van der Waals surface area contributed by atoms with Crippen LogP contribution in [0.2, 0.25) is 0 Å². The van der Waals surface area contributed by atoms with Crippen molar-refractivity contribution in [2.75, 3.05) is 13.7 Å². The Morgan fingerprint density at radius 2 is 1.88 bits per heavy atom. The molecule has 4 nitrogen and oxygen atoms in total. The summed E-state index contributed by atoms with van der Waals surface area (Å²) in [7, 11) is 1.64. The van der Waals surface area contributed by atoms with Crippen molar-refractivity contribution in [2.45, 2.75) is 20.0 Å². The van der Waals surface area contributed by atoms with Crippen molar-refractivity contribution in [1.82, 2.24) is 10.9 Å². The van der Waals surface area contributed by atoms with Gasteiger partial charge in [-0.25, -0.2) is 5.43 Å². The van der Waals surface area contributed by atoms with Crippen LogP contribution in [-0.4, -0.2) is 19.6 Å². The molecule has 0 aliphatic heterocycles. The topological polar surface area (TPSA) is 50.4 Å². The van der Waals surface area contributed by atoms with E-state index >= 15 is 0 Å². The molecule has 0 aliphatic carbocycles.